The van der Waals surface area contributed by atoms with Crippen molar-refractivity contribution in [2.45, 2.75) is 31.4 Å². The standard InChI is InChI=1S/C14H20FN3O/c1-14(19,10-3-5-11(15)6-4-10)9-17-13(16)18(2)12-7-8-12/h3-6,12,19H,7-9H2,1-2H3,(H2,16,17). The van der Waals surface area contributed by atoms with Gasteiger partial charge >= 0.3 is 0 Å². The number of hydrogen-bond acceptors (Lipinski definition) is 2. The lowest BCUT2D eigenvalue weighted by molar-refractivity contribution is 0.0670. The zero-order chi connectivity index (χ0) is 14.0. The number of aliphatic hydroxyl groups is 1. The molecule has 19 heavy (non-hydrogen) atoms. The summed E-state index contributed by atoms with van der Waals surface area (Å²) in [6.07, 6.45) is 2.28. The largest absolute Gasteiger partial charge is 0.384 e. The fraction of sp³-hybridized carbons (Fsp3) is 0.500. The van der Waals surface area contributed by atoms with Crippen LogP contribution in [-0.4, -0.2) is 35.6 Å². The third-order valence-electron chi connectivity index (χ3n) is 3.47. The maximum atomic E-state index is 12.9. The van der Waals surface area contributed by atoms with Crippen LogP contribution in [0.15, 0.2) is 29.3 Å². The van der Waals surface area contributed by atoms with Crippen molar-refractivity contribution in [1.29, 1.82) is 0 Å². The van der Waals surface area contributed by atoms with E-state index in [1.807, 2.05) is 11.9 Å². The van der Waals surface area contributed by atoms with Crippen molar-refractivity contribution >= 4 is 5.96 Å². The zero-order valence-electron chi connectivity index (χ0n) is 11.3. The van der Waals surface area contributed by atoms with Crippen LogP contribution in [0.3, 0.4) is 0 Å². The van der Waals surface area contributed by atoms with Gasteiger partial charge in [0.2, 0.25) is 0 Å². The third-order valence-corrected chi connectivity index (χ3v) is 3.47. The Morgan fingerprint density at radius 1 is 1.47 bits per heavy atom. The molecular weight excluding hydrogens is 245 g/mol. The Bertz CT molecular complexity index is 466. The molecule has 3 N–H and O–H groups in total. The number of aliphatic imine (C=N–C) groups is 1. The smallest absolute Gasteiger partial charge is 0.191 e. The molecule has 0 heterocycles. The van der Waals surface area contributed by atoms with Gasteiger partial charge in [0.1, 0.15) is 11.4 Å². The molecule has 5 heteroatoms. The molecule has 0 saturated heterocycles. The molecule has 0 bridgehead atoms. The molecule has 4 nitrogen and oxygen atoms in total. The van der Waals surface area contributed by atoms with Crippen LogP contribution in [0.25, 0.3) is 0 Å². The fourth-order valence-electron chi connectivity index (χ4n) is 1.90. The van der Waals surface area contributed by atoms with E-state index in [0.29, 0.717) is 17.6 Å². The highest BCUT2D eigenvalue weighted by Crippen LogP contribution is 2.25. The van der Waals surface area contributed by atoms with Gasteiger partial charge in [-0.15, -0.1) is 0 Å². The quantitative estimate of drug-likeness (QED) is 0.639. The number of hydrogen-bond donors (Lipinski definition) is 2. The summed E-state index contributed by atoms with van der Waals surface area (Å²) in [6, 6.07) is 6.26. The second-order valence-corrected chi connectivity index (χ2v) is 5.30. The fourth-order valence-corrected chi connectivity index (χ4v) is 1.90. The number of halogens is 1. The summed E-state index contributed by atoms with van der Waals surface area (Å²) in [4.78, 5) is 6.16. The van der Waals surface area contributed by atoms with Crippen LogP contribution in [0.1, 0.15) is 25.3 Å². The number of benzene rings is 1. The molecule has 1 saturated carbocycles. The summed E-state index contributed by atoms with van der Waals surface area (Å²) >= 11 is 0. The van der Waals surface area contributed by atoms with Crippen molar-refractivity contribution < 1.29 is 9.50 Å². The van der Waals surface area contributed by atoms with Crippen LogP contribution in [0.2, 0.25) is 0 Å². The van der Waals surface area contributed by atoms with Crippen molar-refractivity contribution in [2.75, 3.05) is 13.6 Å². The van der Waals surface area contributed by atoms with E-state index in [9.17, 15) is 9.50 Å². The van der Waals surface area contributed by atoms with Gasteiger partial charge in [-0.1, -0.05) is 12.1 Å². The zero-order valence-corrected chi connectivity index (χ0v) is 11.3. The van der Waals surface area contributed by atoms with E-state index in [4.69, 9.17) is 5.73 Å². The van der Waals surface area contributed by atoms with Crippen LogP contribution in [-0.2, 0) is 5.60 Å². The first kappa shape index (κ1) is 13.8. The highest BCUT2D eigenvalue weighted by Gasteiger charge is 2.28. The minimum absolute atomic E-state index is 0.154. The van der Waals surface area contributed by atoms with Gasteiger partial charge in [-0.05, 0) is 37.5 Å². The predicted molar refractivity (Wildman–Crippen MR) is 73.2 cm³/mol. The van der Waals surface area contributed by atoms with E-state index in [1.165, 1.54) is 12.1 Å². The van der Waals surface area contributed by atoms with Gasteiger partial charge in [0, 0.05) is 13.1 Å². The lowest BCUT2D eigenvalue weighted by Gasteiger charge is -2.23. The van der Waals surface area contributed by atoms with E-state index in [1.54, 1.807) is 19.1 Å². The molecule has 0 aromatic heterocycles. The Kier molecular flexibility index (Phi) is 3.75. The monoisotopic (exact) mass is 265 g/mol. The number of rotatable bonds is 4. The van der Waals surface area contributed by atoms with Crippen LogP contribution in [0.4, 0.5) is 4.39 Å². The number of nitrogens with zero attached hydrogens (tertiary/aromatic N) is 2. The SMILES string of the molecule is CN(C(N)=NCC(C)(O)c1ccc(F)cc1)C1CC1. The number of nitrogens with two attached hydrogens (primary N) is 1. The first-order valence-corrected chi connectivity index (χ1v) is 6.41. The molecule has 1 aliphatic carbocycles. The second kappa shape index (κ2) is 5.17. The summed E-state index contributed by atoms with van der Waals surface area (Å²) in [6.45, 7) is 1.80. The second-order valence-electron chi connectivity index (χ2n) is 5.30. The lowest BCUT2D eigenvalue weighted by Crippen LogP contribution is -2.37. The van der Waals surface area contributed by atoms with Gasteiger partial charge in [-0.2, -0.15) is 0 Å². The van der Waals surface area contributed by atoms with Gasteiger partial charge in [0.25, 0.3) is 0 Å². The molecule has 0 amide bonds. The van der Waals surface area contributed by atoms with Crippen molar-refractivity contribution in [3.05, 3.63) is 35.6 Å². The van der Waals surface area contributed by atoms with E-state index in [2.05, 4.69) is 4.99 Å². The lowest BCUT2D eigenvalue weighted by atomic mass is 9.96. The van der Waals surface area contributed by atoms with Crippen molar-refractivity contribution in [3.8, 4) is 0 Å². The van der Waals surface area contributed by atoms with Gasteiger partial charge in [0.15, 0.2) is 5.96 Å². The van der Waals surface area contributed by atoms with E-state index in [0.717, 1.165) is 12.8 Å². The molecule has 0 aliphatic heterocycles. The maximum absolute atomic E-state index is 12.9. The molecule has 1 atom stereocenters. The maximum Gasteiger partial charge on any atom is 0.191 e. The van der Waals surface area contributed by atoms with Crippen molar-refractivity contribution in [3.63, 3.8) is 0 Å². The molecule has 0 radical (unpaired) electrons. The summed E-state index contributed by atoms with van der Waals surface area (Å²) < 4.78 is 12.9. The highest BCUT2D eigenvalue weighted by molar-refractivity contribution is 5.78. The average Bonchev–Trinajstić information content (AvgIpc) is 3.20. The minimum atomic E-state index is -1.15. The van der Waals surface area contributed by atoms with E-state index >= 15 is 0 Å². The Hall–Kier alpha value is -1.62. The first-order valence-electron chi connectivity index (χ1n) is 6.41. The molecule has 1 aromatic rings. The predicted octanol–water partition coefficient (Wildman–Crippen LogP) is 1.44. The molecule has 0 spiro atoms. The average molecular weight is 265 g/mol. The Balaban J connectivity index is 2.03. The Morgan fingerprint density at radius 3 is 2.58 bits per heavy atom. The molecule has 104 valence electrons. The molecule has 1 aromatic carbocycles. The minimum Gasteiger partial charge on any atom is -0.384 e. The van der Waals surface area contributed by atoms with Crippen LogP contribution in [0.5, 0.6) is 0 Å². The molecule has 1 fully saturated rings. The topological polar surface area (TPSA) is 61.8 Å². The van der Waals surface area contributed by atoms with E-state index < -0.39 is 5.60 Å². The van der Waals surface area contributed by atoms with E-state index in [-0.39, 0.29) is 12.4 Å². The Labute approximate surface area is 112 Å². The molecular formula is C14H20FN3O. The Morgan fingerprint density at radius 2 is 2.05 bits per heavy atom. The number of guanidine groups is 1. The summed E-state index contributed by atoms with van der Waals surface area (Å²) in [5.41, 5.74) is 5.35. The normalized spacial score (nSPS) is 19.1. The van der Waals surface area contributed by atoms with Crippen molar-refractivity contribution in [2.24, 2.45) is 10.7 Å². The van der Waals surface area contributed by atoms with Gasteiger partial charge in [-0.3, -0.25) is 0 Å². The van der Waals surface area contributed by atoms with Gasteiger partial charge in [0.05, 0.1) is 6.54 Å². The summed E-state index contributed by atoms with van der Waals surface area (Å²) in [5.74, 6) is 0.112. The molecule has 1 unspecified atom stereocenters. The third kappa shape index (κ3) is 3.44. The van der Waals surface area contributed by atoms with Crippen LogP contribution < -0.4 is 5.73 Å². The summed E-state index contributed by atoms with van der Waals surface area (Å²) in [7, 11) is 1.91. The molecule has 2 rings (SSSR count). The summed E-state index contributed by atoms with van der Waals surface area (Å²) in [5, 5.41) is 10.4. The van der Waals surface area contributed by atoms with Crippen LogP contribution >= 0.6 is 0 Å². The van der Waals surface area contributed by atoms with Gasteiger partial charge in [-0.25, -0.2) is 9.38 Å². The van der Waals surface area contributed by atoms with Crippen LogP contribution in [0, 0.1) is 5.82 Å². The van der Waals surface area contributed by atoms with Crippen molar-refractivity contribution in [1.82, 2.24) is 4.90 Å². The molecule has 1 aliphatic rings. The first-order chi connectivity index (χ1) is 8.90. The highest BCUT2D eigenvalue weighted by atomic mass is 19.1. The van der Waals surface area contributed by atoms with Gasteiger partial charge < -0.3 is 15.7 Å².